The van der Waals surface area contributed by atoms with E-state index in [4.69, 9.17) is 0 Å². The van der Waals surface area contributed by atoms with Crippen LogP contribution in [0.15, 0.2) is 59.4 Å². The number of para-hydroxylation sites is 1. The second-order valence-electron chi connectivity index (χ2n) is 6.71. The Morgan fingerprint density at radius 3 is 2.85 bits per heavy atom. The largest absolute Gasteiger partial charge is 0.351 e. The highest BCUT2D eigenvalue weighted by atomic mass is 16.2. The van der Waals surface area contributed by atoms with Crippen molar-refractivity contribution in [3.8, 4) is 0 Å². The number of benzene rings is 2. The van der Waals surface area contributed by atoms with Gasteiger partial charge < -0.3 is 15.2 Å². The summed E-state index contributed by atoms with van der Waals surface area (Å²) in [6.07, 6.45) is 0. The van der Waals surface area contributed by atoms with Gasteiger partial charge in [0, 0.05) is 44.1 Å². The molecule has 0 saturated carbocycles. The Bertz CT molecular complexity index is 1040. The van der Waals surface area contributed by atoms with Crippen LogP contribution in [0, 0.1) is 0 Å². The molecule has 132 valence electrons. The van der Waals surface area contributed by atoms with Gasteiger partial charge in [0.2, 0.25) is 0 Å². The fourth-order valence-electron chi connectivity index (χ4n) is 3.68. The van der Waals surface area contributed by atoms with Crippen LogP contribution in [0.4, 0.5) is 0 Å². The van der Waals surface area contributed by atoms with Crippen molar-refractivity contribution in [3.05, 3.63) is 81.6 Å². The van der Waals surface area contributed by atoms with Crippen molar-refractivity contribution in [3.63, 3.8) is 0 Å². The van der Waals surface area contributed by atoms with E-state index in [2.05, 4.69) is 22.8 Å². The van der Waals surface area contributed by atoms with E-state index in [1.54, 1.807) is 11.6 Å². The molecule has 1 aliphatic rings. The lowest BCUT2D eigenvalue weighted by atomic mass is 9.91. The topological polar surface area (TPSA) is 63.1 Å². The van der Waals surface area contributed by atoms with Gasteiger partial charge in [0.05, 0.1) is 11.1 Å². The maximum atomic E-state index is 12.8. The van der Waals surface area contributed by atoms with Gasteiger partial charge in [-0.1, -0.05) is 42.5 Å². The molecule has 1 aliphatic heterocycles. The number of fused-ring (bicyclic) bond motifs is 2. The van der Waals surface area contributed by atoms with Gasteiger partial charge in [-0.3, -0.25) is 9.59 Å². The number of aryl methyl sites for hydroxylation is 1. The number of nitrogens with zero attached hydrogens (tertiary/aromatic N) is 1. The predicted molar refractivity (Wildman–Crippen MR) is 102 cm³/mol. The first-order valence-electron chi connectivity index (χ1n) is 8.80. The van der Waals surface area contributed by atoms with Crippen molar-refractivity contribution in [2.24, 2.45) is 7.05 Å². The third kappa shape index (κ3) is 2.91. The van der Waals surface area contributed by atoms with Gasteiger partial charge in [-0.2, -0.15) is 0 Å². The van der Waals surface area contributed by atoms with E-state index in [0.29, 0.717) is 12.1 Å². The lowest BCUT2D eigenvalue weighted by molar-refractivity contribution is 0.0952. The standard InChI is InChI=1S/C21H21N3O2/c1-24-19-9-5-4-8-17(19)18(10-20(24)25)21(26)23-13-15-12-22-11-14-6-2-3-7-16(14)15/h2-10,15,22H,11-13H2,1H3,(H,23,26). The fourth-order valence-corrected chi connectivity index (χ4v) is 3.68. The van der Waals surface area contributed by atoms with E-state index in [1.807, 2.05) is 36.4 Å². The van der Waals surface area contributed by atoms with Gasteiger partial charge in [0.15, 0.2) is 0 Å². The Balaban J connectivity index is 1.60. The highest BCUT2D eigenvalue weighted by Crippen LogP contribution is 2.23. The Hall–Kier alpha value is -2.92. The van der Waals surface area contributed by atoms with Crippen molar-refractivity contribution < 1.29 is 4.79 Å². The molecule has 3 aromatic rings. The zero-order valence-corrected chi connectivity index (χ0v) is 14.7. The molecule has 0 fully saturated rings. The summed E-state index contributed by atoms with van der Waals surface area (Å²) in [7, 11) is 1.72. The van der Waals surface area contributed by atoms with Crippen LogP contribution in [-0.2, 0) is 13.6 Å². The summed E-state index contributed by atoms with van der Waals surface area (Å²) in [5.41, 5.74) is 3.56. The van der Waals surface area contributed by atoms with Gasteiger partial charge in [0.1, 0.15) is 0 Å². The van der Waals surface area contributed by atoms with Gasteiger partial charge in [0.25, 0.3) is 11.5 Å². The molecule has 0 bridgehead atoms. The van der Waals surface area contributed by atoms with Crippen LogP contribution in [0.3, 0.4) is 0 Å². The third-order valence-corrected chi connectivity index (χ3v) is 5.11. The lowest BCUT2D eigenvalue weighted by Crippen LogP contribution is -2.37. The minimum absolute atomic E-state index is 0.182. The minimum atomic E-state index is -0.207. The monoisotopic (exact) mass is 347 g/mol. The molecule has 26 heavy (non-hydrogen) atoms. The van der Waals surface area contributed by atoms with E-state index < -0.39 is 0 Å². The van der Waals surface area contributed by atoms with Crippen LogP contribution in [-0.4, -0.2) is 23.6 Å². The normalized spacial score (nSPS) is 16.3. The van der Waals surface area contributed by atoms with Crippen LogP contribution in [0.5, 0.6) is 0 Å². The van der Waals surface area contributed by atoms with Crippen LogP contribution >= 0.6 is 0 Å². The predicted octanol–water partition coefficient (Wildman–Crippen LogP) is 2.16. The summed E-state index contributed by atoms with van der Waals surface area (Å²) in [5.74, 6) is 0.0173. The first-order valence-corrected chi connectivity index (χ1v) is 8.80. The first kappa shape index (κ1) is 16.5. The molecule has 1 amide bonds. The third-order valence-electron chi connectivity index (χ3n) is 5.11. The number of hydrogen-bond donors (Lipinski definition) is 2. The summed E-state index contributed by atoms with van der Waals surface area (Å²) in [6.45, 7) is 2.22. The molecule has 4 rings (SSSR count). The highest BCUT2D eigenvalue weighted by molar-refractivity contribution is 6.06. The van der Waals surface area contributed by atoms with Crippen LogP contribution in [0.2, 0.25) is 0 Å². The maximum absolute atomic E-state index is 12.8. The number of nitrogens with one attached hydrogen (secondary N) is 2. The Labute approximate surface area is 151 Å². The average Bonchev–Trinajstić information content (AvgIpc) is 2.69. The summed E-state index contributed by atoms with van der Waals surface area (Å²) < 4.78 is 1.56. The molecule has 2 heterocycles. The first-order chi connectivity index (χ1) is 12.6. The zero-order chi connectivity index (χ0) is 18.1. The van der Waals surface area contributed by atoms with Gasteiger partial charge in [-0.05, 0) is 17.2 Å². The number of hydrogen-bond acceptors (Lipinski definition) is 3. The molecule has 1 unspecified atom stereocenters. The molecule has 0 aliphatic carbocycles. The second kappa shape index (κ2) is 6.77. The van der Waals surface area contributed by atoms with Crippen molar-refractivity contribution in [2.45, 2.75) is 12.5 Å². The quantitative estimate of drug-likeness (QED) is 0.763. The molecular weight excluding hydrogens is 326 g/mol. The molecule has 5 nitrogen and oxygen atoms in total. The molecule has 2 N–H and O–H groups in total. The molecule has 0 saturated heterocycles. The summed E-state index contributed by atoms with van der Waals surface area (Å²) >= 11 is 0. The SMILES string of the molecule is Cn1c(=O)cc(C(=O)NCC2CNCc3ccccc32)c2ccccc21. The molecule has 0 spiro atoms. The number of pyridine rings is 1. The smallest absolute Gasteiger partial charge is 0.252 e. The van der Waals surface area contributed by atoms with Crippen molar-refractivity contribution in [1.29, 1.82) is 0 Å². The molecule has 1 aromatic heterocycles. The Kier molecular flexibility index (Phi) is 4.31. The summed E-state index contributed by atoms with van der Waals surface area (Å²) in [5, 5.41) is 7.20. The van der Waals surface area contributed by atoms with E-state index >= 15 is 0 Å². The molecule has 5 heteroatoms. The fraction of sp³-hybridized carbons (Fsp3) is 0.238. The number of carbonyl (C=O) groups excluding carboxylic acids is 1. The van der Waals surface area contributed by atoms with E-state index in [1.165, 1.54) is 17.2 Å². The second-order valence-corrected chi connectivity index (χ2v) is 6.71. The van der Waals surface area contributed by atoms with Crippen LogP contribution < -0.4 is 16.2 Å². The number of carbonyl (C=O) groups is 1. The highest BCUT2D eigenvalue weighted by Gasteiger charge is 2.21. The van der Waals surface area contributed by atoms with E-state index in [-0.39, 0.29) is 17.4 Å². The summed E-state index contributed by atoms with van der Waals surface area (Å²) in [4.78, 5) is 25.0. The lowest BCUT2D eigenvalue weighted by Gasteiger charge is -2.26. The number of amides is 1. The van der Waals surface area contributed by atoms with Crippen LogP contribution in [0.25, 0.3) is 10.9 Å². The Morgan fingerprint density at radius 2 is 1.96 bits per heavy atom. The summed E-state index contributed by atoms with van der Waals surface area (Å²) in [6, 6.07) is 17.2. The number of aromatic nitrogens is 1. The van der Waals surface area contributed by atoms with E-state index in [9.17, 15) is 9.59 Å². The molecule has 1 atom stereocenters. The molecule has 2 aromatic carbocycles. The van der Waals surface area contributed by atoms with Crippen molar-refractivity contribution in [1.82, 2.24) is 15.2 Å². The molecular formula is C21H21N3O2. The van der Waals surface area contributed by atoms with Gasteiger partial charge in [-0.25, -0.2) is 0 Å². The molecule has 0 radical (unpaired) electrons. The number of rotatable bonds is 3. The Morgan fingerprint density at radius 1 is 1.19 bits per heavy atom. The maximum Gasteiger partial charge on any atom is 0.252 e. The zero-order valence-electron chi connectivity index (χ0n) is 14.7. The van der Waals surface area contributed by atoms with Gasteiger partial charge in [-0.15, -0.1) is 0 Å². The van der Waals surface area contributed by atoms with Gasteiger partial charge >= 0.3 is 0 Å². The van der Waals surface area contributed by atoms with Crippen molar-refractivity contribution in [2.75, 3.05) is 13.1 Å². The van der Waals surface area contributed by atoms with Crippen molar-refractivity contribution >= 4 is 16.8 Å². The van der Waals surface area contributed by atoms with Crippen LogP contribution in [0.1, 0.15) is 27.4 Å². The van der Waals surface area contributed by atoms with E-state index in [0.717, 1.165) is 24.0 Å². The minimum Gasteiger partial charge on any atom is -0.351 e. The average molecular weight is 347 g/mol.